The molecular weight excluding hydrogens is 156 g/mol. The summed E-state index contributed by atoms with van der Waals surface area (Å²) in [7, 11) is 3.44. The van der Waals surface area contributed by atoms with Crippen LogP contribution in [-0.4, -0.2) is 44.7 Å². The van der Waals surface area contributed by atoms with E-state index in [4.69, 9.17) is 5.73 Å². The second-order valence-electron chi connectivity index (χ2n) is 3.35. The van der Waals surface area contributed by atoms with E-state index in [0.29, 0.717) is 12.5 Å². The Labute approximate surface area is 72.7 Å². The van der Waals surface area contributed by atoms with Crippen LogP contribution in [0.25, 0.3) is 0 Å². The Morgan fingerprint density at radius 1 is 1.75 bits per heavy atom. The van der Waals surface area contributed by atoms with Crippen LogP contribution in [0, 0.1) is 11.8 Å². The smallest absolute Gasteiger partial charge is 0.310 e. The van der Waals surface area contributed by atoms with Crippen LogP contribution in [0.15, 0.2) is 0 Å². The fourth-order valence-electron chi connectivity index (χ4n) is 1.63. The molecule has 2 N–H and O–H groups in total. The minimum Gasteiger partial charge on any atom is -0.469 e. The fraction of sp³-hybridized carbons (Fsp3) is 0.875. The van der Waals surface area contributed by atoms with Crippen molar-refractivity contribution in [2.75, 3.05) is 33.8 Å². The van der Waals surface area contributed by atoms with Gasteiger partial charge in [0.25, 0.3) is 0 Å². The normalized spacial score (nSPS) is 21.6. The molecule has 0 aliphatic carbocycles. The van der Waals surface area contributed by atoms with Crippen molar-refractivity contribution in [2.45, 2.75) is 0 Å². The van der Waals surface area contributed by atoms with Crippen LogP contribution < -0.4 is 5.73 Å². The standard InChI is InChI=1S/C8H16N2O2/c1-10-4-6(5-10)7(3-9)8(11)12-2/h6-7H,3-5,9H2,1-2H3. The number of ether oxygens (including phenoxy) is 1. The highest BCUT2D eigenvalue weighted by Crippen LogP contribution is 2.22. The molecule has 0 aromatic rings. The lowest BCUT2D eigenvalue weighted by molar-refractivity contribution is -0.149. The molecule has 1 rings (SSSR count). The molecule has 4 heteroatoms. The van der Waals surface area contributed by atoms with E-state index < -0.39 is 0 Å². The highest BCUT2D eigenvalue weighted by molar-refractivity contribution is 5.73. The molecule has 1 aliphatic heterocycles. The minimum atomic E-state index is -0.171. The second-order valence-corrected chi connectivity index (χ2v) is 3.35. The van der Waals surface area contributed by atoms with E-state index in [1.807, 2.05) is 7.05 Å². The average Bonchev–Trinajstić information content (AvgIpc) is 2.02. The summed E-state index contributed by atoms with van der Waals surface area (Å²) in [5.74, 6) is 0.120. The van der Waals surface area contributed by atoms with Crippen molar-refractivity contribution in [1.29, 1.82) is 0 Å². The molecule has 0 saturated carbocycles. The van der Waals surface area contributed by atoms with E-state index in [-0.39, 0.29) is 11.9 Å². The third-order valence-electron chi connectivity index (χ3n) is 2.42. The van der Waals surface area contributed by atoms with Gasteiger partial charge < -0.3 is 15.4 Å². The number of likely N-dealkylation sites (tertiary alicyclic amines) is 1. The van der Waals surface area contributed by atoms with E-state index in [1.54, 1.807) is 0 Å². The van der Waals surface area contributed by atoms with Crippen molar-refractivity contribution in [3.8, 4) is 0 Å². The van der Waals surface area contributed by atoms with E-state index in [9.17, 15) is 4.79 Å². The zero-order chi connectivity index (χ0) is 9.14. The molecule has 1 unspecified atom stereocenters. The summed E-state index contributed by atoms with van der Waals surface area (Å²) in [6.07, 6.45) is 0. The summed E-state index contributed by atoms with van der Waals surface area (Å²) in [5, 5.41) is 0. The van der Waals surface area contributed by atoms with Crippen molar-refractivity contribution < 1.29 is 9.53 Å². The average molecular weight is 172 g/mol. The molecule has 12 heavy (non-hydrogen) atoms. The third kappa shape index (κ3) is 1.76. The van der Waals surface area contributed by atoms with Gasteiger partial charge in [-0.25, -0.2) is 0 Å². The molecule has 0 bridgehead atoms. The quantitative estimate of drug-likeness (QED) is 0.572. The van der Waals surface area contributed by atoms with Crippen LogP contribution >= 0.6 is 0 Å². The maximum atomic E-state index is 11.2. The van der Waals surface area contributed by atoms with E-state index in [2.05, 4.69) is 9.64 Å². The maximum absolute atomic E-state index is 11.2. The Balaban J connectivity index is 2.40. The lowest BCUT2D eigenvalue weighted by Crippen LogP contribution is -2.51. The Kier molecular flexibility index (Phi) is 3.05. The number of nitrogens with two attached hydrogens (primary N) is 1. The first kappa shape index (κ1) is 9.48. The van der Waals surface area contributed by atoms with E-state index >= 15 is 0 Å². The lowest BCUT2D eigenvalue weighted by atomic mass is 9.86. The van der Waals surface area contributed by atoms with Gasteiger partial charge in [0.2, 0.25) is 0 Å². The van der Waals surface area contributed by atoms with Crippen molar-refractivity contribution in [1.82, 2.24) is 4.90 Å². The zero-order valence-corrected chi connectivity index (χ0v) is 7.62. The predicted molar refractivity (Wildman–Crippen MR) is 45.5 cm³/mol. The monoisotopic (exact) mass is 172 g/mol. The second kappa shape index (κ2) is 3.87. The van der Waals surface area contributed by atoms with Crippen molar-refractivity contribution in [3.05, 3.63) is 0 Å². The molecule has 4 nitrogen and oxygen atoms in total. The fourth-order valence-corrected chi connectivity index (χ4v) is 1.63. The minimum absolute atomic E-state index is 0.105. The summed E-state index contributed by atoms with van der Waals surface area (Å²) < 4.78 is 4.66. The van der Waals surface area contributed by atoms with Gasteiger partial charge in [-0.05, 0) is 13.0 Å². The first-order chi connectivity index (χ1) is 5.69. The SMILES string of the molecule is COC(=O)C(CN)C1CN(C)C1. The predicted octanol–water partition coefficient (Wildman–Crippen LogP) is -0.704. The number of rotatable bonds is 3. The number of carbonyl (C=O) groups excluding carboxylic acids is 1. The molecule has 0 amide bonds. The van der Waals surface area contributed by atoms with Crippen molar-refractivity contribution in [3.63, 3.8) is 0 Å². The van der Waals surface area contributed by atoms with Gasteiger partial charge in [-0.1, -0.05) is 0 Å². The molecule has 1 saturated heterocycles. The number of methoxy groups -OCH3 is 1. The lowest BCUT2D eigenvalue weighted by Gasteiger charge is -2.39. The van der Waals surface area contributed by atoms with Crippen LogP contribution in [0.1, 0.15) is 0 Å². The van der Waals surface area contributed by atoms with Gasteiger partial charge in [0.05, 0.1) is 13.0 Å². The van der Waals surface area contributed by atoms with Gasteiger partial charge in [0.1, 0.15) is 0 Å². The highest BCUT2D eigenvalue weighted by atomic mass is 16.5. The van der Waals surface area contributed by atoms with E-state index in [0.717, 1.165) is 13.1 Å². The first-order valence-corrected chi connectivity index (χ1v) is 4.15. The third-order valence-corrected chi connectivity index (χ3v) is 2.42. The van der Waals surface area contributed by atoms with Gasteiger partial charge >= 0.3 is 5.97 Å². The maximum Gasteiger partial charge on any atom is 0.310 e. The van der Waals surface area contributed by atoms with Crippen molar-refractivity contribution in [2.24, 2.45) is 17.6 Å². The van der Waals surface area contributed by atoms with Crippen LogP contribution in [0.2, 0.25) is 0 Å². The summed E-state index contributed by atoms with van der Waals surface area (Å²) in [6.45, 7) is 2.30. The Morgan fingerprint density at radius 3 is 2.67 bits per heavy atom. The van der Waals surface area contributed by atoms with Gasteiger partial charge in [0.15, 0.2) is 0 Å². The van der Waals surface area contributed by atoms with Gasteiger partial charge in [0, 0.05) is 19.6 Å². The number of esters is 1. The molecule has 1 atom stereocenters. The van der Waals surface area contributed by atoms with Gasteiger partial charge in [-0.3, -0.25) is 4.79 Å². The molecule has 1 heterocycles. The topological polar surface area (TPSA) is 55.6 Å². The molecule has 1 aliphatic rings. The van der Waals surface area contributed by atoms with Crippen LogP contribution in [0.5, 0.6) is 0 Å². The summed E-state index contributed by atoms with van der Waals surface area (Å²) in [6, 6.07) is 0. The molecule has 1 fully saturated rings. The van der Waals surface area contributed by atoms with Crippen LogP contribution in [-0.2, 0) is 9.53 Å². The number of nitrogens with zero attached hydrogens (tertiary/aromatic N) is 1. The Morgan fingerprint density at radius 2 is 2.33 bits per heavy atom. The molecular formula is C8H16N2O2. The largest absolute Gasteiger partial charge is 0.469 e. The van der Waals surface area contributed by atoms with Crippen LogP contribution in [0.4, 0.5) is 0 Å². The zero-order valence-electron chi connectivity index (χ0n) is 7.62. The first-order valence-electron chi connectivity index (χ1n) is 4.15. The molecule has 0 spiro atoms. The van der Waals surface area contributed by atoms with Crippen molar-refractivity contribution >= 4 is 5.97 Å². The molecule has 70 valence electrons. The summed E-state index contributed by atoms with van der Waals surface area (Å²) >= 11 is 0. The molecule has 0 aromatic heterocycles. The van der Waals surface area contributed by atoms with Crippen LogP contribution in [0.3, 0.4) is 0 Å². The van der Waals surface area contributed by atoms with Gasteiger partial charge in [-0.15, -0.1) is 0 Å². The summed E-state index contributed by atoms with van der Waals surface area (Å²) in [4.78, 5) is 13.3. The molecule has 0 aromatic carbocycles. The van der Waals surface area contributed by atoms with Gasteiger partial charge in [-0.2, -0.15) is 0 Å². The summed E-state index contributed by atoms with van der Waals surface area (Å²) in [5.41, 5.74) is 5.49. The Bertz CT molecular complexity index is 166. The van der Waals surface area contributed by atoms with E-state index in [1.165, 1.54) is 7.11 Å². The highest BCUT2D eigenvalue weighted by Gasteiger charge is 2.35. The molecule has 0 radical (unpaired) electrons. The Hall–Kier alpha value is -0.610. The number of carbonyl (C=O) groups is 1. The number of hydrogen-bond donors (Lipinski definition) is 1. The number of hydrogen-bond acceptors (Lipinski definition) is 4.